The van der Waals surface area contributed by atoms with Gasteiger partial charge < -0.3 is 24.1 Å². The molecule has 2 aliphatic heterocycles. The van der Waals surface area contributed by atoms with Crippen molar-refractivity contribution in [3.8, 4) is 0 Å². The summed E-state index contributed by atoms with van der Waals surface area (Å²) in [6, 6.07) is 0. The van der Waals surface area contributed by atoms with E-state index in [9.17, 15) is 5.11 Å². The molecule has 0 bridgehead atoms. The smallest absolute Gasteiger partial charge is 0.162 e. The summed E-state index contributed by atoms with van der Waals surface area (Å²) < 4.78 is 21.6. The van der Waals surface area contributed by atoms with Gasteiger partial charge in [-0.15, -0.1) is 0 Å². The Morgan fingerprint density at radius 3 is 2.67 bits per heavy atom. The van der Waals surface area contributed by atoms with Crippen LogP contribution in [-0.4, -0.2) is 49.7 Å². The van der Waals surface area contributed by atoms with Crippen molar-refractivity contribution in [1.82, 2.24) is 0 Å². The molecule has 0 amide bonds. The quantitative estimate of drug-likeness (QED) is 0.677. The molecule has 5 nitrogen and oxygen atoms in total. The predicted octanol–water partition coefficient (Wildman–Crippen LogP) is 0.116. The standard InChI is InChI=1S/C10H18O5/c1-5-8(11)9-7(15-10(5)12-3)4-13-6(2)14-9/h5-11H,4H2,1-3H3/t5-,6?,7?,8?,9+,10?/m0/s1. The number of hydrogen-bond acceptors (Lipinski definition) is 5. The molecule has 0 aromatic heterocycles. The maximum Gasteiger partial charge on any atom is 0.162 e. The van der Waals surface area contributed by atoms with Crippen LogP contribution >= 0.6 is 0 Å². The summed E-state index contributed by atoms with van der Waals surface area (Å²) in [6.07, 6.45) is -1.79. The molecule has 15 heavy (non-hydrogen) atoms. The normalized spacial score (nSPS) is 51.2. The minimum atomic E-state index is -0.569. The van der Waals surface area contributed by atoms with Crippen LogP contribution in [0.5, 0.6) is 0 Å². The molecule has 0 aromatic rings. The average molecular weight is 218 g/mol. The number of methoxy groups -OCH3 is 1. The zero-order valence-electron chi connectivity index (χ0n) is 9.25. The van der Waals surface area contributed by atoms with E-state index in [4.69, 9.17) is 18.9 Å². The molecule has 2 aliphatic rings. The van der Waals surface area contributed by atoms with E-state index in [0.29, 0.717) is 6.61 Å². The summed E-state index contributed by atoms with van der Waals surface area (Å²) in [7, 11) is 1.57. The van der Waals surface area contributed by atoms with Crippen LogP contribution in [0.3, 0.4) is 0 Å². The molecule has 0 spiro atoms. The Labute approximate surface area is 89.3 Å². The minimum Gasteiger partial charge on any atom is -0.390 e. The van der Waals surface area contributed by atoms with Crippen molar-refractivity contribution in [3.63, 3.8) is 0 Å². The van der Waals surface area contributed by atoms with E-state index in [0.717, 1.165) is 0 Å². The van der Waals surface area contributed by atoms with Crippen LogP contribution in [0.4, 0.5) is 0 Å². The van der Waals surface area contributed by atoms with E-state index < -0.39 is 6.10 Å². The van der Waals surface area contributed by atoms with Crippen molar-refractivity contribution in [2.24, 2.45) is 5.92 Å². The highest BCUT2D eigenvalue weighted by Crippen LogP contribution is 2.31. The molecule has 0 saturated carbocycles. The van der Waals surface area contributed by atoms with E-state index in [2.05, 4.69) is 0 Å². The molecule has 2 rings (SSSR count). The van der Waals surface area contributed by atoms with Gasteiger partial charge in [-0.2, -0.15) is 0 Å². The van der Waals surface area contributed by atoms with Crippen LogP contribution in [0.25, 0.3) is 0 Å². The molecule has 0 aliphatic carbocycles. The molecule has 1 N–H and O–H groups in total. The van der Waals surface area contributed by atoms with Crippen LogP contribution in [0, 0.1) is 5.92 Å². The summed E-state index contributed by atoms with van der Waals surface area (Å²) in [4.78, 5) is 0. The third kappa shape index (κ3) is 2.03. The Morgan fingerprint density at radius 2 is 2.00 bits per heavy atom. The van der Waals surface area contributed by atoms with E-state index in [1.54, 1.807) is 7.11 Å². The lowest BCUT2D eigenvalue weighted by molar-refractivity contribution is -0.342. The highest BCUT2D eigenvalue weighted by Gasteiger charge is 2.46. The monoisotopic (exact) mass is 218 g/mol. The van der Waals surface area contributed by atoms with Crippen LogP contribution in [0.15, 0.2) is 0 Å². The molecule has 6 atom stereocenters. The molecule has 5 heteroatoms. The van der Waals surface area contributed by atoms with E-state index in [1.807, 2.05) is 13.8 Å². The summed E-state index contributed by atoms with van der Waals surface area (Å²) in [5, 5.41) is 10.1. The fourth-order valence-electron chi connectivity index (χ4n) is 2.12. The second kappa shape index (κ2) is 4.35. The zero-order valence-corrected chi connectivity index (χ0v) is 9.25. The van der Waals surface area contributed by atoms with Crippen LogP contribution in [0.2, 0.25) is 0 Å². The van der Waals surface area contributed by atoms with Gasteiger partial charge in [-0.25, -0.2) is 0 Å². The molecule has 2 fully saturated rings. The van der Waals surface area contributed by atoms with Crippen LogP contribution in [-0.2, 0) is 18.9 Å². The summed E-state index contributed by atoms with van der Waals surface area (Å²) in [5.41, 5.74) is 0. The molecular formula is C10H18O5. The second-order valence-corrected chi connectivity index (χ2v) is 4.13. The largest absolute Gasteiger partial charge is 0.390 e. The fraction of sp³-hybridized carbons (Fsp3) is 1.00. The fourth-order valence-corrected chi connectivity index (χ4v) is 2.12. The Kier molecular flexibility index (Phi) is 3.27. The third-order valence-electron chi connectivity index (χ3n) is 3.06. The summed E-state index contributed by atoms with van der Waals surface area (Å²) >= 11 is 0. The predicted molar refractivity (Wildman–Crippen MR) is 51.1 cm³/mol. The Morgan fingerprint density at radius 1 is 1.27 bits per heavy atom. The molecule has 4 unspecified atom stereocenters. The van der Waals surface area contributed by atoms with Crippen molar-refractivity contribution in [2.75, 3.05) is 13.7 Å². The molecule has 0 aromatic carbocycles. The van der Waals surface area contributed by atoms with E-state index in [1.165, 1.54) is 0 Å². The molecular weight excluding hydrogens is 200 g/mol. The summed E-state index contributed by atoms with van der Waals surface area (Å²) in [6.45, 7) is 4.14. The lowest BCUT2D eigenvalue weighted by Gasteiger charge is -2.46. The van der Waals surface area contributed by atoms with Crippen LogP contribution < -0.4 is 0 Å². The van der Waals surface area contributed by atoms with Gasteiger partial charge >= 0.3 is 0 Å². The van der Waals surface area contributed by atoms with Gasteiger partial charge in [0.1, 0.15) is 12.2 Å². The third-order valence-corrected chi connectivity index (χ3v) is 3.06. The highest BCUT2D eigenvalue weighted by atomic mass is 16.7. The molecule has 0 radical (unpaired) electrons. The Hall–Kier alpha value is -0.200. The number of ether oxygens (including phenoxy) is 4. The second-order valence-electron chi connectivity index (χ2n) is 4.13. The first kappa shape index (κ1) is 11.3. The molecule has 2 heterocycles. The van der Waals surface area contributed by atoms with Gasteiger partial charge in [0.15, 0.2) is 12.6 Å². The number of aliphatic hydroxyl groups is 1. The molecule has 88 valence electrons. The maximum atomic E-state index is 10.1. The van der Waals surface area contributed by atoms with Crippen molar-refractivity contribution < 1.29 is 24.1 Å². The first-order chi connectivity index (χ1) is 7.13. The van der Waals surface area contributed by atoms with Gasteiger partial charge in [0, 0.05) is 13.0 Å². The van der Waals surface area contributed by atoms with E-state index in [-0.39, 0.29) is 30.7 Å². The first-order valence-electron chi connectivity index (χ1n) is 5.27. The van der Waals surface area contributed by atoms with Crippen molar-refractivity contribution in [2.45, 2.75) is 44.7 Å². The zero-order chi connectivity index (χ0) is 11.0. The number of fused-ring (bicyclic) bond motifs is 1. The van der Waals surface area contributed by atoms with Gasteiger partial charge in [0.25, 0.3) is 0 Å². The lowest BCUT2D eigenvalue weighted by Crippen LogP contribution is -2.59. The highest BCUT2D eigenvalue weighted by molar-refractivity contribution is 4.90. The average Bonchev–Trinajstić information content (AvgIpc) is 2.24. The van der Waals surface area contributed by atoms with Crippen molar-refractivity contribution in [1.29, 1.82) is 0 Å². The molecule has 2 saturated heterocycles. The topological polar surface area (TPSA) is 57.2 Å². The maximum absolute atomic E-state index is 10.1. The summed E-state index contributed by atoms with van der Waals surface area (Å²) in [5.74, 6) is -0.0958. The van der Waals surface area contributed by atoms with Crippen molar-refractivity contribution in [3.05, 3.63) is 0 Å². The van der Waals surface area contributed by atoms with Gasteiger partial charge in [-0.1, -0.05) is 6.92 Å². The van der Waals surface area contributed by atoms with Crippen molar-refractivity contribution >= 4 is 0 Å². The minimum absolute atomic E-state index is 0.0958. The van der Waals surface area contributed by atoms with Crippen LogP contribution in [0.1, 0.15) is 13.8 Å². The number of rotatable bonds is 1. The van der Waals surface area contributed by atoms with Gasteiger partial charge in [-0.3, -0.25) is 0 Å². The number of aliphatic hydroxyl groups excluding tert-OH is 1. The lowest BCUT2D eigenvalue weighted by atomic mass is 9.92. The SMILES string of the molecule is COC1OC2COC(C)O[C@H]2C(O)[C@@H]1C. The number of hydrogen-bond donors (Lipinski definition) is 1. The Balaban J connectivity index is 2.07. The Bertz CT molecular complexity index is 220. The van der Waals surface area contributed by atoms with Gasteiger partial charge in [0.2, 0.25) is 0 Å². The van der Waals surface area contributed by atoms with Gasteiger partial charge in [0.05, 0.1) is 12.7 Å². The first-order valence-corrected chi connectivity index (χ1v) is 5.27. The van der Waals surface area contributed by atoms with Gasteiger partial charge in [-0.05, 0) is 6.92 Å². The van der Waals surface area contributed by atoms with E-state index >= 15 is 0 Å².